The fraction of sp³-hybridized carbons (Fsp3) is 0. The third kappa shape index (κ3) is 4.08. The van der Waals surface area contributed by atoms with Crippen LogP contribution in [0.2, 0.25) is 0 Å². The van der Waals surface area contributed by atoms with Gasteiger partial charge in [-0.1, -0.05) is 30.3 Å². The minimum atomic E-state index is 0.207. The summed E-state index contributed by atoms with van der Waals surface area (Å²) in [7, 11) is 0. The molecule has 0 amide bonds. The van der Waals surface area contributed by atoms with E-state index in [4.69, 9.17) is 12.2 Å². The lowest BCUT2D eigenvalue weighted by atomic mass is 10.2. The molecule has 4 nitrogen and oxygen atoms in total. The van der Waals surface area contributed by atoms with E-state index in [9.17, 15) is 5.11 Å². The van der Waals surface area contributed by atoms with Gasteiger partial charge in [-0.05, 0) is 36.5 Å². The zero-order chi connectivity index (χ0) is 13.5. The van der Waals surface area contributed by atoms with Gasteiger partial charge in [0, 0.05) is 5.69 Å². The van der Waals surface area contributed by atoms with Crippen molar-refractivity contribution in [2.24, 2.45) is 0 Å². The molecule has 0 aliphatic rings. The molecule has 2 aromatic rings. The smallest absolute Gasteiger partial charge is 0.228 e. The average molecular weight is 272 g/mol. The summed E-state index contributed by atoms with van der Waals surface area (Å²) in [4.78, 5) is 0. The largest absolute Gasteiger partial charge is 0.507 e. The van der Waals surface area contributed by atoms with Gasteiger partial charge >= 0.3 is 0 Å². The first-order chi connectivity index (χ1) is 9.25. The maximum atomic E-state index is 9.56. The standard InChI is InChI=1S/C14H13N3OS/c18-13-9-5-4-6-11(13)10-15-17-14(19)16-12-7-2-1-3-8-12/h1-10,18H,(H2,16,17,19)/p+1. The Hall–Kier alpha value is -2.40. The molecule has 0 aliphatic carbocycles. The number of hydrazine groups is 1. The van der Waals surface area contributed by atoms with Crippen LogP contribution in [0.3, 0.4) is 0 Å². The lowest BCUT2D eigenvalue weighted by molar-refractivity contribution is -0.499. The molecule has 0 heterocycles. The van der Waals surface area contributed by atoms with Gasteiger partial charge in [-0.2, -0.15) is 0 Å². The Labute approximate surface area is 116 Å². The molecule has 0 aromatic heterocycles. The first-order valence-electron chi connectivity index (χ1n) is 5.74. The van der Waals surface area contributed by atoms with Gasteiger partial charge in [0.2, 0.25) is 11.3 Å². The van der Waals surface area contributed by atoms with E-state index >= 15 is 0 Å². The molecule has 5 heteroatoms. The molecule has 0 saturated carbocycles. The van der Waals surface area contributed by atoms with Gasteiger partial charge in [0.15, 0.2) is 0 Å². The molecule has 2 aromatic carbocycles. The summed E-state index contributed by atoms with van der Waals surface area (Å²) in [6.45, 7) is 0. The number of hydrogen-bond acceptors (Lipinski definition) is 2. The predicted octanol–water partition coefficient (Wildman–Crippen LogP) is 0.793. The first kappa shape index (κ1) is 13.0. The molecule has 4 N–H and O–H groups in total. The summed E-state index contributed by atoms with van der Waals surface area (Å²) in [5.41, 5.74) is 4.40. The molecule has 0 atom stereocenters. The van der Waals surface area contributed by atoms with Crippen LogP contribution in [-0.4, -0.2) is 16.4 Å². The van der Waals surface area contributed by atoms with Crippen molar-refractivity contribution in [3.63, 3.8) is 0 Å². The van der Waals surface area contributed by atoms with Crippen LogP contribution < -0.4 is 15.8 Å². The lowest BCUT2D eigenvalue weighted by Gasteiger charge is -2.03. The van der Waals surface area contributed by atoms with E-state index in [1.165, 1.54) is 0 Å². The average Bonchev–Trinajstić information content (AvgIpc) is 2.42. The number of nitrogens with one attached hydrogen (secondary N) is 3. The molecule has 0 unspecified atom stereocenters. The number of phenols is 1. The van der Waals surface area contributed by atoms with Crippen LogP contribution in [0.25, 0.3) is 0 Å². The number of rotatable bonds is 3. The van der Waals surface area contributed by atoms with Crippen molar-refractivity contribution in [2.45, 2.75) is 0 Å². The molecular formula is C14H14N3OS+. The van der Waals surface area contributed by atoms with E-state index in [1.54, 1.807) is 24.4 Å². The third-order valence-corrected chi connectivity index (χ3v) is 2.59. The van der Waals surface area contributed by atoms with Crippen LogP contribution in [0.1, 0.15) is 5.56 Å². The van der Waals surface area contributed by atoms with Crippen LogP contribution >= 0.6 is 12.2 Å². The van der Waals surface area contributed by atoms with E-state index in [1.807, 2.05) is 36.4 Å². The number of thiocarbonyl (C=S) groups is 1. The van der Waals surface area contributed by atoms with Crippen molar-refractivity contribution in [1.82, 2.24) is 5.43 Å². The summed E-state index contributed by atoms with van der Waals surface area (Å²) in [5.74, 6) is 0.207. The Morgan fingerprint density at radius 3 is 2.47 bits per heavy atom. The summed E-state index contributed by atoms with van der Waals surface area (Å²) < 4.78 is 0. The second-order valence-corrected chi connectivity index (χ2v) is 4.20. The van der Waals surface area contributed by atoms with Crippen molar-refractivity contribution in [2.75, 3.05) is 5.32 Å². The molecule has 0 radical (unpaired) electrons. The van der Waals surface area contributed by atoms with Gasteiger partial charge in [-0.25, -0.2) is 0 Å². The minimum Gasteiger partial charge on any atom is -0.507 e. The zero-order valence-corrected chi connectivity index (χ0v) is 10.9. The molecule has 0 spiro atoms. The highest BCUT2D eigenvalue weighted by Crippen LogP contribution is 2.11. The summed E-state index contributed by atoms with van der Waals surface area (Å²) in [5, 5.41) is 15.8. The monoisotopic (exact) mass is 272 g/mol. The van der Waals surface area contributed by atoms with Gasteiger partial charge in [0.1, 0.15) is 5.75 Å². The van der Waals surface area contributed by atoms with E-state index < -0.39 is 0 Å². The van der Waals surface area contributed by atoms with Crippen molar-refractivity contribution in [1.29, 1.82) is 0 Å². The van der Waals surface area contributed by atoms with Crippen molar-refractivity contribution < 1.29 is 10.2 Å². The number of hydrazone groups is 1. The number of benzene rings is 2. The van der Waals surface area contributed by atoms with Crippen molar-refractivity contribution in [3.8, 4) is 5.75 Å². The van der Waals surface area contributed by atoms with Crippen LogP contribution in [0.15, 0.2) is 54.6 Å². The number of para-hydroxylation sites is 2. The molecule has 96 valence electrons. The van der Waals surface area contributed by atoms with Crippen LogP contribution in [-0.2, 0) is 0 Å². The van der Waals surface area contributed by atoms with Crippen molar-refractivity contribution in [3.05, 3.63) is 60.2 Å². The fourth-order valence-corrected chi connectivity index (χ4v) is 1.65. The van der Waals surface area contributed by atoms with Gasteiger partial charge in [0.05, 0.1) is 5.56 Å². The SMILES string of the molecule is Oc1ccccc1C=[NH+]NC(=S)Nc1ccccc1. The van der Waals surface area contributed by atoms with E-state index in [2.05, 4.69) is 15.8 Å². The normalized spacial score (nSPS) is 10.3. The predicted molar refractivity (Wildman–Crippen MR) is 80.0 cm³/mol. The second-order valence-electron chi connectivity index (χ2n) is 3.79. The van der Waals surface area contributed by atoms with E-state index in [0.29, 0.717) is 10.7 Å². The minimum absolute atomic E-state index is 0.207. The number of phenolic OH excluding ortho intramolecular Hbond substituents is 1. The zero-order valence-electron chi connectivity index (χ0n) is 10.1. The Kier molecular flexibility index (Phi) is 4.47. The number of anilines is 1. The maximum Gasteiger partial charge on any atom is 0.228 e. The van der Waals surface area contributed by atoms with Crippen LogP contribution in [0.5, 0.6) is 5.75 Å². The Balaban J connectivity index is 1.89. The van der Waals surface area contributed by atoms with Crippen molar-refractivity contribution >= 4 is 29.2 Å². The quantitative estimate of drug-likeness (QED) is 0.379. The van der Waals surface area contributed by atoms with Gasteiger partial charge in [-0.15, -0.1) is 10.5 Å². The van der Waals surface area contributed by atoms with Gasteiger partial charge in [-0.3, -0.25) is 0 Å². The topological polar surface area (TPSA) is 58.3 Å². The molecule has 0 bridgehead atoms. The Morgan fingerprint density at radius 2 is 1.74 bits per heavy atom. The first-order valence-corrected chi connectivity index (χ1v) is 6.15. The second kappa shape index (κ2) is 6.51. The summed E-state index contributed by atoms with van der Waals surface area (Å²) in [6.07, 6.45) is 1.63. The molecule has 0 saturated heterocycles. The van der Waals surface area contributed by atoms with E-state index in [0.717, 1.165) is 5.69 Å². The number of hydrogen-bond donors (Lipinski definition) is 4. The number of aromatic hydroxyl groups is 1. The molecule has 2 rings (SSSR count). The molecule has 0 aliphatic heterocycles. The molecule has 0 fully saturated rings. The molecular weight excluding hydrogens is 258 g/mol. The highest BCUT2D eigenvalue weighted by atomic mass is 32.1. The van der Waals surface area contributed by atoms with E-state index in [-0.39, 0.29) is 5.75 Å². The Morgan fingerprint density at radius 1 is 1.05 bits per heavy atom. The van der Waals surface area contributed by atoms with Crippen LogP contribution in [0, 0.1) is 0 Å². The van der Waals surface area contributed by atoms with Crippen LogP contribution in [0.4, 0.5) is 5.69 Å². The third-order valence-electron chi connectivity index (χ3n) is 2.38. The van der Waals surface area contributed by atoms with Gasteiger partial charge in [0.25, 0.3) is 0 Å². The summed E-state index contributed by atoms with van der Waals surface area (Å²) >= 11 is 5.12. The van der Waals surface area contributed by atoms with Gasteiger partial charge < -0.3 is 10.4 Å². The lowest BCUT2D eigenvalue weighted by Crippen LogP contribution is -2.82. The summed E-state index contributed by atoms with van der Waals surface area (Å²) in [6, 6.07) is 16.6. The maximum absolute atomic E-state index is 9.56. The highest BCUT2D eigenvalue weighted by Gasteiger charge is 2.00. The fourth-order valence-electron chi connectivity index (χ4n) is 1.47. The molecule has 19 heavy (non-hydrogen) atoms. The Bertz CT molecular complexity index is 584. The highest BCUT2D eigenvalue weighted by molar-refractivity contribution is 7.80.